The fourth-order valence-corrected chi connectivity index (χ4v) is 1.71. The molecule has 15 heavy (non-hydrogen) atoms. The van der Waals surface area contributed by atoms with E-state index in [1.807, 2.05) is 0 Å². The fraction of sp³-hybridized carbons (Fsp3) is 0.286. The monoisotopic (exact) mass is 264 g/mol. The SMILES string of the molecule is CCC.Cc1ccc2cc(Br)ccc2c1. The van der Waals surface area contributed by atoms with Crippen LogP contribution in [0.4, 0.5) is 0 Å². The second kappa shape index (κ2) is 5.92. The molecule has 2 rings (SSSR count). The van der Waals surface area contributed by atoms with Crippen molar-refractivity contribution >= 4 is 26.7 Å². The van der Waals surface area contributed by atoms with Crippen molar-refractivity contribution < 1.29 is 0 Å². The van der Waals surface area contributed by atoms with Crippen LogP contribution in [0, 0.1) is 6.92 Å². The zero-order chi connectivity index (χ0) is 11.3. The van der Waals surface area contributed by atoms with Crippen LogP contribution in [0.2, 0.25) is 0 Å². The van der Waals surface area contributed by atoms with Gasteiger partial charge in [0, 0.05) is 4.47 Å². The molecule has 80 valence electrons. The van der Waals surface area contributed by atoms with Gasteiger partial charge in [-0.15, -0.1) is 0 Å². The molecule has 0 fully saturated rings. The van der Waals surface area contributed by atoms with E-state index in [-0.39, 0.29) is 0 Å². The topological polar surface area (TPSA) is 0 Å². The zero-order valence-corrected chi connectivity index (χ0v) is 11.1. The van der Waals surface area contributed by atoms with Gasteiger partial charge in [-0.3, -0.25) is 0 Å². The van der Waals surface area contributed by atoms with Crippen LogP contribution in [-0.4, -0.2) is 0 Å². The van der Waals surface area contributed by atoms with Gasteiger partial charge < -0.3 is 0 Å². The van der Waals surface area contributed by atoms with Crippen LogP contribution in [-0.2, 0) is 0 Å². The lowest BCUT2D eigenvalue weighted by molar-refractivity contribution is 1.09. The molecule has 0 N–H and O–H groups in total. The van der Waals surface area contributed by atoms with E-state index in [1.165, 1.54) is 22.8 Å². The first-order chi connectivity index (χ1) is 7.17. The van der Waals surface area contributed by atoms with E-state index >= 15 is 0 Å². The molecule has 0 amide bonds. The summed E-state index contributed by atoms with van der Waals surface area (Å²) < 4.78 is 1.14. The highest BCUT2D eigenvalue weighted by atomic mass is 79.9. The summed E-state index contributed by atoms with van der Waals surface area (Å²) in [6.45, 7) is 6.36. The van der Waals surface area contributed by atoms with Crippen LogP contribution >= 0.6 is 15.9 Å². The standard InChI is InChI=1S/C11H9Br.C3H8/c1-8-2-3-10-7-11(12)5-4-9(10)6-8;1-3-2/h2-7H,1H3;3H2,1-2H3. The Morgan fingerprint density at radius 1 is 0.933 bits per heavy atom. The summed E-state index contributed by atoms with van der Waals surface area (Å²) in [6, 6.07) is 12.8. The number of halogens is 1. The number of rotatable bonds is 0. The highest BCUT2D eigenvalue weighted by molar-refractivity contribution is 9.10. The summed E-state index contributed by atoms with van der Waals surface area (Å²) in [7, 11) is 0. The Kier molecular flexibility index (Phi) is 4.83. The summed E-state index contributed by atoms with van der Waals surface area (Å²) in [5.41, 5.74) is 1.31. The molecule has 0 aliphatic carbocycles. The largest absolute Gasteiger partial charge is 0.0656 e. The average Bonchev–Trinajstić information content (AvgIpc) is 2.20. The smallest absolute Gasteiger partial charge is 0.0181 e. The van der Waals surface area contributed by atoms with Crippen LogP contribution in [0.25, 0.3) is 10.8 Å². The third kappa shape index (κ3) is 3.67. The number of fused-ring (bicyclic) bond motifs is 1. The molecule has 0 spiro atoms. The Balaban J connectivity index is 0.000000337. The van der Waals surface area contributed by atoms with Gasteiger partial charge in [-0.05, 0) is 29.8 Å². The number of hydrogen-bond donors (Lipinski definition) is 0. The van der Waals surface area contributed by atoms with Crippen molar-refractivity contribution in [2.24, 2.45) is 0 Å². The third-order valence-corrected chi connectivity index (χ3v) is 2.45. The first-order valence-corrected chi connectivity index (χ1v) is 6.12. The Morgan fingerprint density at radius 2 is 1.47 bits per heavy atom. The minimum absolute atomic E-state index is 1.14. The van der Waals surface area contributed by atoms with Crippen LogP contribution in [0.5, 0.6) is 0 Å². The molecular weight excluding hydrogens is 248 g/mol. The third-order valence-electron chi connectivity index (χ3n) is 1.96. The Labute approximate surface area is 100 Å². The maximum absolute atomic E-state index is 3.45. The van der Waals surface area contributed by atoms with E-state index in [2.05, 4.69) is 73.1 Å². The minimum Gasteiger partial charge on any atom is -0.0656 e. The van der Waals surface area contributed by atoms with Crippen LogP contribution < -0.4 is 0 Å². The lowest BCUT2D eigenvalue weighted by Gasteiger charge is -1.99. The fourth-order valence-electron chi connectivity index (χ4n) is 1.34. The molecule has 0 aliphatic rings. The van der Waals surface area contributed by atoms with Gasteiger partial charge in [-0.25, -0.2) is 0 Å². The average molecular weight is 265 g/mol. The van der Waals surface area contributed by atoms with E-state index in [0.29, 0.717) is 0 Å². The van der Waals surface area contributed by atoms with E-state index in [0.717, 1.165) is 4.47 Å². The maximum Gasteiger partial charge on any atom is 0.0181 e. The molecule has 0 nitrogen and oxygen atoms in total. The van der Waals surface area contributed by atoms with Gasteiger partial charge in [0.1, 0.15) is 0 Å². The van der Waals surface area contributed by atoms with E-state index in [1.54, 1.807) is 0 Å². The van der Waals surface area contributed by atoms with Crippen molar-refractivity contribution in [2.45, 2.75) is 27.2 Å². The number of hydrogen-bond acceptors (Lipinski definition) is 0. The minimum atomic E-state index is 1.14. The number of benzene rings is 2. The second-order valence-corrected chi connectivity index (χ2v) is 4.62. The molecular formula is C14H17Br. The summed E-state index contributed by atoms with van der Waals surface area (Å²) in [5.74, 6) is 0. The van der Waals surface area contributed by atoms with Crippen molar-refractivity contribution in [2.75, 3.05) is 0 Å². The lowest BCUT2D eigenvalue weighted by atomic mass is 10.1. The van der Waals surface area contributed by atoms with Crippen molar-refractivity contribution in [1.29, 1.82) is 0 Å². The molecule has 2 aromatic carbocycles. The highest BCUT2D eigenvalue weighted by Gasteiger charge is 1.93. The van der Waals surface area contributed by atoms with Crippen LogP contribution in [0.15, 0.2) is 40.9 Å². The van der Waals surface area contributed by atoms with Gasteiger partial charge in [0.05, 0.1) is 0 Å². The summed E-state index contributed by atoms with van der Waals surface area (Å²) >= 11 is 3.45. The Bertz CT molecular complexity index is 391. The van der Waals surface area contributed by atoms with E-state index < -0.39 is 0 Å². The molecule has 0 unspecified atom stereocenters. The molecule has 2 aromatic rings. The number of aryl methyl sites for hydroxylation is 1. The molecule has 0 bridgehead atoms. The summed E-state index contributed by atoms with van der Waals surface area (Å²) in [4.78, 5) is 0. The first-order valence-electron chi connectivity index (χ1n) is 5.33. The maximum atomic E-state index is 3.45. The molecule has 0 aliphatic heterocycles. The Morgan fingerprint density at radius 3 is 2.13 bits per heavy atom. The van der Waals surface area contributed by atoms with Crippen molar-refractivity contribution in [3.63, 3.8) is 0 Å². The quantitative estimate of drug-likeness (QED) is 0.604. The Hall–Kier alpha value is -0.820. The second-order valence-electron chi connectivity index (χ2n) is 3.70. The van der Waals surface area contributed by atoms with Gasteiger partial charge in [0.25, 0.3) is 0 Å². The van der Waals surface area contributed by atoms with Gasteiger partial charge >= 0.3 is 0 Å². The zero-order valence-electron chi connectivity index (χ0n) is 9.55. The predicted octanol–water partition coefficient (Wildman–Crippen LogP) is 5.33. The van der Waals surface area contributed by atoms with Crippen molar-refractivity contribution in [1.82, 2.24) is 0 Å². The van der Waals surface area contributed by atoms with E-state index in [4.69, 9.17) is 0 Å². The summed E-state index contributed by atoms with van der Waals surface area (Å²) in [6.07, 6.45) is 1.25. The molecule has 0 saturated heterocycles. The first kappa shape index (κ1) is 12.3. The van der Waals surface area contributed by atoms with Crippen LogP contribution in [0.1, 0.15) is 25.8 Å². The normalized spacial score (nSPS) is 9.60. The molecule has 1 heteroatoms. The van der Waals surface area contributed by atoms with Crippen LogP contribution in [0.3, 0.4) is 0 Å². The molecule has 0 atom stereocenters. The molecule has 0 radical (unpaired) electrons. The van der Waals surface area contributed by atoms with Gasteiger partial charge in [-0.2, -0.15) is 0 Å². The van der Waals surface area contributed by atoms with Crippen molar-refractivity contribution in [3.8, 4) is 0 Å². The molecule has 0 heterocycles. The summed E-state index contributed by atoms with van der Waals surface area (Å²) in [5, 5.41) is 2.59. The van der Waals surface area contributed by atoms with Gasteiger partial charge in [0.15, 0.2) is 0 Å². The highest BCUT2D eigenvalue weighted by Crippen LogP contribution is 2.20. The van der Waals surface area contributed by atoms with Gasteiger partial charge in [-0.1, -0.05) is 66.0 Å². The molecule has 0 saturated carbocycles. The molecule has 0 aromatic heterocycles. The predicted molar refractivity (Wildman–Crippen MR) is 72.4 cm³/mol. The van der Waals surface area contributed by atoms with E-state index in [9.17, 15) is 0 Å². The lowest BCUT2D eigenvalue weighted by Crippen LogP contribution is -1.74. The van der Waals surface area contributed by atoms with Gasteiger partial charge in [0.2, 0.25) is 0 Å². The van der Waals surface area contributed by atoms with Crippen molar-refractivity contribution in [3.05, 3.63) is 46.4 Å².